The van der Waals surface area contributed by atoms with Gasteiger partial charge >= 0.3 is 0 Å². The number of nitro benzene ring substituents is 1. The van der Waals surface area contributed by atoms with Crippen LogP contribution in [0.1, 0.15) is 0 Å². The van der Waals surface area contributed by atoms with E-state index in [0.717, 1.165) is 6.07 Å². The van der Waals surface area contributed by atoms with Gasteiger partial charge in [0.05, 0.1) is 29.7 Å². The topological polar surface area (TPSA) is 158 Å². The fourth-order valence-corrected chi connectivity index (χ4v) is 4.09. The third kappa shape index (κ3) is 4.63. The van der Waals surface area contributed by atoms with E-state index in [1.807, 2.05) is 0 Å². The maximum Gasteiger partial charge on any atom is 0.270 e. The molecule has 0 unspecified atom stereocenters. The highest BCUT2D eigenvalue weighted by Crippen LogP contribution is 2.34. The van der Waals surface area contributed by atoms with Gasteiger partial charge in [0.2, 0.25) is 0 Å². The van der Waals surface area contributed by atoms with Gasteiger partial charge in [-0.25, -0.2) is 23.4 Å². The number of fused-ring (bicyclic) bond motifs is 1. The van der Waals surface area contributed by atoms with Crippen molar-refractivity contribution in [2.45, 2.75) is 4.90 Å². The Morgan fingerprint density at radius 1 is 0.971 bits per heavy atom. The zero-order chi connectivity index (χ0) is 24.3. The number of sulfonamides is 1. The molecule has 2 heterocycles. The van der Waals surface area contributed by atoms with Crippen molar-refractivity contribution >= 4 is 44.2 Å². The minimum Gasteiger partial charge on any atom is -0.497 e. The summed E-state index contributed by atoms with van der Waals surface area (Å²) in [6.07, 6.45) is 1.49. The van der Waals surface area contributed by atoms with E-state index in [-0.39, 0.29) is 27.9 Å². The summed E-state index contributed by atoms with van der Waals surface area (Å²) in [7, 11) is -1.28. The molecule has 12 nitrogen and oxygen atoms in total. The number of ether oxygens (including phenoxy) is 2. The molecule has 174 valence electrons. The van der Waals surface area contributed by atoms with Crippen molar-refractivity contribution < 1.29 is 22.8 Å². The normalized spacial score (nSPS) is 11.1. The number of rotatable bonds is 8. The molecule has 0 aliphatic rings. The Labute approximate surface area is 193 Å². The fraction of sp³-hybridized carbons (Fsp3) is 0.0952. The van der Waals surface area contributed by atoms with Crippen molar-refractivity contribution in [1.29, 1.82) is 0 Å². The van der Waals surface area contributed by atoms with Crippen LogP contribution in [0.5, 0.6) is 11.5 Å². The van der Waals surface area contributed by atoms with E-state index in [0.29, 0.717) is 22.7 Å². The first-order chi connectivity index (χ1) is 16.3. The number of nitro groups is 1. The number of hydrogen-bond donors (Lipinski definition) is 2. The predicted molar refractivity (Wildman–Crippen MR) is 124 cm³/mol. The lowest BCUT2D eigenvalue weighted by molar-refractivity contribution is -0.385. The summed E-state index contributed by atoms with van der Waals surface area (Å²) >= 11 is 0. The van der Waals surface area contributed by atoms with Gasteiger partial charge in [0.1, 0.15) is 17.0 Å². The first-order valence-corrected chi connectivity index (χ1v) is 11.2. The average molecular weight is 482 g/mol. The highest BCUT2D eigenvalue weighted by Gasteiger charge is 2.22. The molecule has 13 heteroatoms. The predicted octanol–water partition coefficient (Wildman–Crippen LogP) is 3.49. The molecule has 0 amide bonds. The van der Waals surface area contributed by atoms with Gasteiger partial charge in [-0.3, -0.25) is 14.8 Å². The van der Waals surface area contributed by atoms with Crippen LogP contribution in [-0.4, -0.2) is 42.5 Å². The van der Waals surface area contributed by atoms with E-state index in [1.165, 1.54) is 38.6 Å². The fourth-order valence-electron chi connectivity index (χ4n) is 3.04. The molecule has 0 aliphatic carbocycles. The number of hydrogen-bond acceptors (Lipinski definition) is 10. The van der Waals surface area contributed by atoms with Crippen molar-refractivity contribution in [2.75, 3.05) is 24.3 Å². The lowest BCUT2D eigenvalue weighted by Gasteiger charge is -2.16. The van der Waals surface area contributed by atoms with Gasteiger partial charge in [0.25, 0.3) is 15.7 Å². The van der Waals surface area contributed by atoms with Crippen molar-refractivity contribution in [3.05, 3.63) is 70.9 Å². The van der Waals surface area contributed by atoms with Gasteiger partial charge in [-0.2, -0.15) is 0 Å². The second-order valence-corrected chi connectivity index (χ2v) is 8.50. The zero-order valence-corrected chi connectivity index (χ0v) is 18.7. The Bertz CT molecular complexity index is 1490. The maximum atomic E-state index is 13.0. The number of anilines is 3. The molecule has 0 radical (unpaired) electrons. The molecule has 0 saturated carbocycles. The highest BCUT2D eigenvalue weighted by atomic mass is 32.2. The third-order valence-corrected chi connectivity index (χ3v) is 6.01. The molecule has 0 spiro atoms. The van der Waals surface area contributed by atoms with Crippen molar-refractivity contribution in [3.63, 3.8) is 0 Å². The summed E-state index contributed by atoms with van der Waals surface area (Å²) in [5.74, 6) is 0.863. The van der Waals surface area contributed by atoms with Crippen molar-refractivity contribution in [2.24, 2.45) is 0 Å². The Kier molecular flexibility index (Phi) is 6.10. The number of nitrogens with zero attached hydrogens (tertiary/aromatic N) is 4. The Morgan fingerprint density at radius 3 is 2.53 bits per heavy atom. The minimum atomic E-state index is -4.26. The quantitative estimate of drug-likeness (QED) is 0.281. The summed E-state index contributed by atoms with van der Waals surface area (Å²) in [4.78, 5) is 23.0. The van der Waals surface area contributed by atoms with Gasteiger partial charge < -0.3 is 14.8 Å². The van der Waals surface area contributed by atoms with Crippen molar-refractivity contribution in [1.82, 2.24) is 15.0 Å². The van der Waals surface area contributed by atoms with E-state index >= 15 is 0 Å². The van der Waals surface area contributed by atoms with Gasteiger partial charge in [-0.1, -0.05) is 6.07 Å². The summed E-state index contributed by atoms with van der Waals surface area (Å²) in [6, 6.07) is 13.0. The maximum absolute atomic E-state index is 13.0. The Balaban J connectivity index is 1.80. The van der Waals surface area contributed by atoms with Gasteiger partial charge in [-0.15, -0.1) is 0 Å². The lowest BCUT2D eigenvalue weighted by Crippen LogP contribution is -2.16. The zero-order valence-electron chi connectivity index (χ0n) is 17.9. The number of nitrogens with one attached hydrogen (secondary N) is 2. The van der Waals surface area contributed by atoms with Crippen LogP contribution in [0, 0.1) is 10.1 Å². The number of methoxy groups -OCH3 is 2. The Hall–Kier alpha value is -4.52. The molecule has 0 saturated heterocycles. The molecule has 0 bridgehead atoms. The molecule has 0 atom stereocenters. The summed E-state index contributed by atoms with van der Waals surface area (Å²) in [5, 5.41) is 14.1. The van der Waals surface area contributed by atoms with Crippen LogP contribution in [0.2, 0.25) is 0 Å². The van der Waals surface area contributed by atoms with Crippen LogP contribution in [0.3, 0.4) is 0 Å². The van der Waals surface area contributed by atoms with Gasteiger partial charge in [0, 0.05) is 24.4 Å². The summed E-state index contributed by atoms with van der Waals surface area (Å²) < 4.78 is 39.1. The first-order valence-electron chi connectivity index (χ1n) is 9.70. The molecule has 2 aromatic heterocycles. The molecule has 4 aromatic rings. The van der Waals surface area contributed by atoms with Gasteiger partial charge in [0.15, 0.2) is 17.3 Å². The average Bonchev–Trinajstić information content (AvgIpc) is 2.84. The molecule has 0 fully saturated rings. The van der Waals surface area contributed by atoms with E-state index in [1.54, 1.807) is 30.3 Å². The van der Waals surface area contributed by atoms with Crippen LogP contribution in [0.15, 0.2) is 65.7 Å². The summed E-state index contributed by atoms with van der Waals surface area (Å²) in [5.41, 5.74) is 0.677. The lowest BCUT2D eigenvalue weighted by atomic mass is 10.2. The Morgan fingerprint density at radius 2 is 1.79 bits per heavy atom. The van der Waals surface area contributed by atoms with Crippen LogP contribution in [0.25, 0.3) is 11.2 Å². The number of non-ortho nitro benzene ring substituents is 1. The minimum absolute atomic E-state index is 0.0565. The monoisotopic (exact) mass is 482 g/mol. The molecule has 4 rings (SSSR count). The molecule has 2 aromatic carbocycles. The van der Waals surface area contributed by atoms with E-state index in [9.17, 15) is 18.5 Å². The number of pyridine rings is 1. The molecular weight excluding hydrogens is 464 g/mol. The van der Waals surface area contributed by atoms with E-state index in [2.05, 4.69) is 25.0 Å². The standard InChI is InChI=1S/C21H18N6O6S/c1-32-14-8-9-18(33-2)17(12-14)24-20-21(25-19-16(23-20)7-4-10-22-19)26-34(30,31)15-6-3-5-13(11-15)27(28)29/h3-12H,1-2H3,(H,23,24)(H,22,25,26). The number of aromatic nitrogens is 3. The van der Waals surface area contributed by atoms with Crippen molar-refractivity contribution in [3.8, 4) is 11.5 Å². The molecular formula is C21H18N6O6S. The molecule has 2 N–H and O–H groups in total. The smallest absolute Gasteiger partial charge is 0.270 e. The molecule has 0 aliphatic heterocycles. The van der Waals surface area contributed by atoms with Crippen LogP contribution >= 0.6 is 0 Å². The van der Waals surface area contributed by atoms with Gasteiger partial charge in [-0.05, 0) is 30.3 Å². The SMILES string of the molecule is COc1ccc(OC)c(Nc2nc3cccnc3nc2NS(=O)(=O)c2cccc([N+](=O)[O-])c2)c1. The van der Waals surface area contributed by atoms with Crippen LogP contribution < -0.4 is 19.5 Å². The first kappa shape index (κ1) is 22.7. The second-order valence-electron chi connectivity index (χ2n) is 6.82. The third-order valence-electron chi connectivity index (χ3n) is 4.67. The highest BCUT2D eigenvalue weighted by molar-refractivity contribution is 7.92. The summed E-state index contributed by atoms with van der Waals surface area (Å²) in [6.45, 7) is 0. The van der Waals surface area contributed by atoms with Crippen LogP contribution in [0.4, 0.5) is 23.0 Å². The molecule has 34 heavy (non-hydrogen) atoms. The van der Waals surface area contributed by atoms with E-state index in [4.69, 9.17) is 9.47 Å². The van der Waals surface area contributed by atoms with E-state index < -0.39 is 14.9 Å². The second kappa shape index (κ2) is 9.15. The van der Waals surface area contributed by atoms with Crippen LogP contribution in [-0.2, 0) is 10.0 Å². The largest absolute Gasteiger partial charge is 0.497 e. The number of benzene rings is 2.